The quantitative estimate of drug-likeness (QED) is 0.606. The van der Waals surface area contributed by atoms with Crippen molar-refractivity contribution in [3.05, 3.63) is 60.2 Å². The molecule has 0 aliphatic heterocycles. The lowest BCUT2D eigenvalue weighted by Crippen LogP contribution is -2.34. The van der Waals surface area contributed by atoms with Crippen molar-refractivity contribution in [2.75, 3.05) is 13.1 Å². The van der Waals surface area contributed by atoms with Gasteiger partial charge in [-0.15, -0.1) is 0 Å². The van der Waals surface area contributed by atoms with Crippen LogP contribution >= 0.6 is 0 Å². The van der Waals surface area contributed by atoms with E-state index in [9.17, 15) is 4.39 Å². The first-order chi connectivity index (χ1) is 11.1. The van der Waals surface area contributed by atoms with Gasteiger partial charge in [0.25, 0.3) is 0 Å². The highest BCUT2D eigenvalue weighted by Crippen LogP contribution is 2.13. The van der Waals surface area contributed by atoms with Gasteiger partial charge in [-0.25, -0.2) is 9.38 Å². The van der Waals surface area contributed by atoms with Crippen molar-refractivity contribution in [2.45, 2.75) is 19.4 Å². The molecule has 23 heavy (non-hydrogen) atoms. The number of guanidine groups is 1. The van der Waals surface area contributed by atoms with Crippen molar-refractivity contribution in [2.24, 2.45) is 10.7 Å². The Morgan fingerprint density at radius 3 is 2.96 bits per heavy atom. The molecule has 0 aliphatic carbocycles. The minimum atomic E-state index is -0.325. The van der Waals surface area contributed by atoms with Gasteiger partial charge in [-0.3, -0.25) is 4.98 Å². The van der Waals surface area contributed by atoms with Crippen LogP contribution in [-0.2, 0) is 6.42 Å². The van der Waals surface area contributed by atoms with E-state index in [2.05, 4.69) is 15.3 Å². The van der Waals surface area contributed by atoms with E-state index in [-0.39, 0.29) is 11.9 Å². The summed E-state index contributed by atoms with van der Waals surface area (Å²) in [4.78, 5) is 8.45. The average Bonchev–Trinajstić information content (AvgIpc) is 2.54. The molecule has 0 amide bonds. The molecular formula is C17H21FN4O. The molecule has 1 aromatic heterocycles. The lowest BCUT2D eigenvalue weighted by atomic mass is 10.3. The second-order valence-corrected chi connectivity index (χ2v) is 5.11. The zero-order chi connectivity index (χ0) is 16.5. The molecule has 1 atom stereocenters. The fraction of sp³-hybridized carbons (Fsp3) is 0.294. The first-order valence-corrected chi connectivity index (χ1v) is 7.49. The predicted octanol–water partition coefficient (Wildman–Crippen LogP) is 2.13. The largest absolute Gasteiger partial charge is 0.489 e. The molecule has 0 radical (unpaired) electrons. The molecule has 1 unspecified atom stereocenters. The average molecular weight is 316 g/mol. The highest BCUT2D eigenvalue weighted by molar-refractivity contribution is 5.77. The van der Waals surface area contributed by atoms with Crippen molar-refractivity contribution >= 4 is 5.96 Å². The molecule has 0 bridgehead atoms. The summed E-state index contributed by atoms with van der Waals surface area (Å²) >= 11 is 0. The van der Waals surface area contributed by atoms with E-state index in [1.165, 1.54) is 12.1 Å². The monoisotopic (exact) mass is 316 g/mol. The number of hydrogen-bond donors (Lipinski definition) is 2. The molecule has 2 rings (SSSR count). The Morgan fingerprint density at radius 1 is 1.35 bits per heavy atom. The maximum absolute atomic E-state index is 13.1. The third-order valence-corrected chi connectivity index (χ3v) is 3.07. The van der Waals surface area contributed by atoms with Crippen LogP contribution in [0.4, 0.5) is 4.39 Å². The van der Waals surface area contributed by atoms with E-state index >= 15 is 0 Å². The van der Waals surface area contributed by atoms with Crippen molar-refractivity contribution in [1.29, 1.82) is 0 Å². The van der Waals surface area contributed by atoms with Crippen LogP contribution in [0.3, 0.4) is 0 Å². The molecule has 0 aliphatic rings. The SMILES string of the molecule is CC(CN=C(N)NCCc1ccccn1)Oc1cccc(F)c1. The predicted molar refractivity (Wildman–Crippen MR) is 88.9 cm³/mol. The summed E-state index contributed by atoms with van der Waals surface area (Å²) in [6, 6.07) is 11.8. The van der Waals surface area contributed by atoms with Crippen molar-refractivity contribution in [3.63, 3.8) is 0 Å². The number of ether oxygens (including phenoxy) is 1. The van der Waals surface area contributed by atoms with Crippen LogP contribution in [0, 0.1) is 5.82 Å². The Labute approximate surface area is 135 Å². The third-order valence-electron chi connectivity index (χ3n) is 3.07. The Hall–Kier alpha value is -2.63. The van der Waals surface area contributed by atoms with Crippen LogP contribution in [0.2, 0.25) is 0 Å². The molecule has 122 valence electrons. The molecular weight excluding hydrogens is 295 g/mol. The van der Waals surface area contributed by atoms with Crippen molar-refractivity contribution in [1.82, 2.24) is 10.3 Å². The van der Waals surface area contributed by atoms with E-state index in [4.69, 9.17) is 10.5 Å². The number of nitrogens with two attached hydrogens (primary N) is 1. The second-order valence-electron chi connectivity index (χ2n) is 5.11. The van der Waals surface area contributed by atoms with Crippen LogP contribution in [0.5, 0.6) is 5.75 Å². The van der Waals surface area contributed by atoms with Gasteiger partial charge in [0.15, 0.2) is 5.96 Å². The number of rotatable bonds is 7. The maximum Gasteiger partial charge on any atom is 0.188 e. The van der Waals surface area contributed by atoms with Gasteiger partial charge in [-0.2, -0.15) is 0 Å². The van der Waals surface area contributed by atoms with Gasteiger partial charge < -0.3 is 15.8 Å². The number of nitrogens with zero attached hydrogens (tertiary/aromatic N) is 2. The fourth-order valence-electron chi connectivity index (χ4n) is 1.96. The van der Waals surface area contributed by atoms with E-state index in [1.54, 1.807) is 18.3 Å². The van der Waals surface area contributed by atoms with Gasteiger partial charge in [-0.05, 0) is 31.2 Å². The Balaban J connectivity index is 1.71. The summed E-state index contributed by atoms with van der Waals surface area (Å²) in [5.74, 6) is 0.513. The second kappa shape index (κ2) is 8.73. The van der Waals surface area contributed by atoms with Crippen LogP contribution in [0.25, 0.3) is 0 Å². The summed E-state index contributed by atoms with van der Waals surface area (Å²) in [7, 11) is 0. The zero-order valence-corrected chi connectivity index (χ0v) is 13.1. The van der Waals surface area contributed by atoms with E-state index in [1.807, 2.05) is 25.1 Å². The normalized spacial score (nSPS) is 12.7. The molecule has 5 nitrogen and oxygen atoms in total. The summed E-state index contributed by atoms with van der Waals surface area (Å²) < 4.78 is 18.6. The summed E-state index contributed by atoms with van der Waals surface area (Å²) in [6.07, 6.45) is 2.33. The van der Waals surface area contributed by atoms with Gasteiger partial charge in [0.2, 0.25) is 0 Å². The summed E-state index contributed by atoms with van der Waals surface area (Å²) in [5, 5.41) is 3.03. The number of benzene rings is 1. The summed E-state index contributed by atoms with van der Waals surface area (Å²) in [5.41, 5.74) is 6.80. The molecule has 0 spiro atoms. The number of halogens is 1. The highest BCUT2D eigenvalue weighted by Gasteiger charge is 2.04. The van der Waals surface area contributed by atoms with Gasteiger partial charge in [0.1, 0.15) is 17.7 Å². The highest BCUT2D eigenvalue weighted by atomic mass is 19.1. The summed E-state index contributed by atoms with van der Waals surface area (Å²) in [6.45, 7) is 2.90. The van der Waals surface area contributed by atoms with Crippen LogP contribution < -0.4 is 15.8 Å². The minimum absolute atomic E-state index is 0.201. The van der Waals surface area contributed by atoms with Gasteiger partial charge in [0, 0.05) is 30.9 Å². The standard InChI is InChI=1S/C17H21FN4O/c1-13(23-16-7-4-5-14(18)11-16)12-22-17(19)21-10-8-15-6-2-3-9-20-15/h2-7,9,11,13H,8,10,12H2,1H3,(H3,19,21,22). The lowest BCUT2D eigenvalue weighted by Gasteiger charge is -2.13. The van der Waals surface area contributed by atoms with Crippen LogP contribution in [0.15, 0.2) is 53.7 Å². The van der Waals surface area contributed by atoms with Crippen molar-refractivity contribution in [3.8, 4) is 5.75 Å². The molecule has 2 aromatic rings. The number of pyridine rings is 1. The van der Waals surface area contributed by atoms with Gasteiger partial charge in [0.05, 0.1) is 6.54 Å². The van der Waals surface area contributed by atoms with Crippen molar-refractivity contribution < 1.29 is 9.13 Å². The van der Waals surface area contributed by atoms with E-state index in [0.717, 1.165) is 12.1 Å². The fourth-order valence-corrected chi connectivity index (χ4v) is 1.96. The van der Waals surface area contributed by atoms with Crippen LogP contribution in [-0.4, -0.2) is 30.1 Å². The lowest BCUT2D eigenvalue weighted by molar-refractivity contribution is 0.229. The van der Waals surface area contributed by atoms with E-state index < -0.39 is 0 Å². The number of nitrogens with one attached hydrogen (secondary N) is 1. The molecule has 3 N–H and O–H groups in total. The van der Waals surface area contributed by atoms with Gasteiger partial charge in [-0.1, -0.05) is 12.1 Å². The number of aliphatic imine (C=N–C) groups is 1. The molecule has 0 saturated carbocycles. The molecule has 0 saturated heterocycles. The molecule has 1 heterocycles. The maximum atomic E-state index is 13.1. The van der Waals surface area contributed by atoms with E-state index in [0.29, 0.717) is 24.8 Å². The van der Waals surface area contributed by atoms with Gasteiger partial charge >= 0.3 is 0 Å². The zero-order valence-electron chi connectivity index (χ0n) is 13.1. The smallest absolute Gasteiger partial charge is 0.188 e. The number of aromatic nitrogens is 1. The molecule has 0 fully saturated rings. The van der Waals surface area contributed by atoms with Crippen LogP contribution in [0.1, 0.15) is 12.6 Å². The Bertz CT molecular complexity index is 634. The minimum Gasteiger partial charge on any atom is -0.489 e. The first kappa shape index (κ1) is 16.7. The first-order valence-electron chi connectivity index (χ1n) is 7.49. The Kier molecular flexibility index (Phi) is 6.35. The topological polar surface area (TPSA) is 72.5 Å². The Morgan fingerprint density at radius 2 is 2.22 bits per heavy atom. The molecule has 1 aromatic carbocycles. The molecule has 6 heteroatoms. The third kappa shape index (κ3) is 6.34. The number of hydrogen-bond acceptors (Lipinski definition) is 3.